The molecular formula is C68H48N2. The second-order valence-corrected chi connectivity index (χ2v) is 17.8. The fourth-order valence-corrected chi connectivity index (χ4v) is 9.89. The zero-order valence-corrected chi connectivity index (χ0v) is 38.6. The van der Waals surface area contributed by atoms with Crippen molar-refractivity contribution in [2.75, 3.05) is 9.80 Å². The molecule has 70 heavy (non-hydrogen) atoms. The van der Waals surface area contributed by atoms with E-state index in [0.29, 0.717) is 0 Å². The predicted molar refractivity (Wildman–Crippen MR) is 298 cm³/mol. The Morgan fingerprint density at radius 1 is 0.171 bits per heavy atom. The van der Waals surface area contributed by atoms with Crippen molar-refractivity contribution >= 4 is 55.7 Å². The van der Waals surface area contributed by atoms with Crippen LogP contribution in [0.2, 0.25) is 0 Å². The van der Waals surface area contributed by atoms with Crippen molar-refractivity contribution in [3.8, 4) is 55.6 Å². The molecule has 0 unspecified atom stereocenters. The van der Waals surface area contributed by atoms with Gasteiger partial charge in [-0.3, -0.25) is 0 Å². The monoisotopic (exact) mass is 892 g/mol. The molecule has 0 aliphatic heterocycles. The van der Waals surface area contributed by atoms with Crippen molar-refractivity contribution in [1.82, 2.24) is 0 Å². The van der Waals surface area contributed by atoms with Crippen LogP contribution in [0.15, 0.2) is 291 Å². The average molecular weight is 893 g/mol. The van der Waals surface area contributed by atoms with Crippen LogP contribution in [0, 0.1) is 0 Å². The Morgan fingerprint density at radius 3 is 0.743 bits per heavy atom. The third-order valence-electron chi connectivity index (χ3n) is 13.4. The molecule has 0 radical (unpaired) electrons. The van der Waals surface area contributed by atoms with E-state index in [-0.39, 0.29) is 0 Å². The first-order valence-corrected chi connectivity index (χ1v) is 24.0. The van der Waals surface area contributed by atoms with Crippen LogP contribution in [0.1, 0.15) is 0 Å². The summed E-state index contributed by atoms with van der Waals surface area (Å²) in [4.78, 5) is 4.76. The van der Waals surface area contributed by atoms with Crippen molar-refractivity contribution in [2.24, 2.45) is 0 Å². The van der Waals surface area contributed by atoms with E-state index in [1.807, 2.05) is 0 Å². The molecule has 0 aliphatic carbocycles. The third-order valence-corrected chi connectivity index (χ3v) is 13.4. The number of fused-ring (bicyclic) bond motifs is 2. The highest BCUT2D eigenvalue weighted by molar-refractivity contribution is 6.00. The fourth-order valence-electron chi connectivity index (χ4n) is 9.89. The molecule has 0 saturated carbocycles. The minimum atomic E-state index is 1.09. The van der Waals surface area contributed by atoms with Crippen molar-refractivity contribution in [2.45, 2.75) is 0 Å². The van der Waals surface area contributed by atoms with E-state index in [1.54, 1.807) is 0 Å². The molecule has 0 saturated heterocycles. The third kappa shape index (κ3) is 8.40. The Balaban J connectivity index is 0.892. The van der Waals surface area contributed by atoms with Crippen LogP contribution < -0.4 is 9.80 Å². The van der Waals surface area contributed by atoms with Gasteiger partial charge in [0, 0.05) is 33.5 Å². The summed E-state index contributed by atoms with van der Waals surface area (Å²) in [6, 6.07) is 105. The van der Waals surface area contributed by atoms with E-state index in [9.17, 15) is 0 Å². The van der Waals surface area contributed by atoms with Crippen LogP contribution in [-0.4, -0.2) is 0 Å². The Hall–Kier alpha value is -9.24. The molecule has 0 fully saturated rings. The SMILES string of the molecule is c1ccc(-c2ccc(N(c3ccc(-c4ccc(N(c5ccc(-c6cc(-c7ccccc7)cc(-c7ccccc7)c6)cc5)c5cccc6ccccc56)cc4)cc3)c3cccc4ccccc34)cc2)cc1. The summed E-state index contributed by atoms with van der Waals surface area (Å²) in [6.07, 6.45) is 0. The molecule has 0 N–H and O–H groups in total. The van der Waals surface area contributed by atoms with Crippen molar-refractivity contribution in [3.63, 3.8) is 0 Å². The molecule has 2 heteroatoms. The summed E-state index contributed by atoms with van der Waals surface area (Å²) < 4.78 is 0. The number of nitrogens with zero attached hydrogens (tertiary/aromatic N) is 2. The van der Waals surface area contributed by atoms with Crippen molar-refractivity contribution in [1.29, 1.82) is 0 Å². The molecule has 0 heterocycles. The summed E-state index contributed by atoms with van der Waals surface area (Å²) >= 11 is 0. The van der Waals surface area contributed by atoms with E-state index < -0.39 is 0 Å². The van der Waals surface area contributed by atoms with Crippen molar-refractivity contribution in [3.05, 3.63) is 291 Å². The molecule has 330 valence electrons. The van der Waals surface area contributed by atoms with Crippen molar-refractivity contribution < 1.29 is 0 Å². The second-order valence-electron chi connectivity index (χ2n) is 17.8. The number of hydrogen-bond acceptors (Lipinski definition) is 2. The molecule has 2 nitrogen and oxygen atoms in total. The molecular weight excluding hydrogens is 845 g/mol. The summed E-state index contributed by atoms with van der Waals surface area (Å²) in [5.41, 5.74) is 18.5. The van der Waals surface area contributed by atoms with Crippen LogP contribution in [0.25, 0.3) is 77.2 Å². The maximum Gasteiger partial charge on any atom is 0.0540 e. The van der Waals surface area contributed by atoms with Gasteiger partial charge in [-0.15, -0.1) is 0 Å². The minimum absolute atomic E-state index is 1.09. The zero-order valence-electron chi connectivity index (χ0n) is 38.6. The first-order valence-electron chi connectivity index (χ1n) is 24.0. The lowest BCUT2D eigenvalue weighted by molar-refractivity contribution is 1.29. The smallest absolute Gasteiger partial charge is 0.0540 e. The quantitative estimate of drug-likeness (QED) is 0.128. The van der Waals surface area contributed by atoms with Crippen LogP contribution in [-0.2, 0) is 0 Å². The maximum atomic E-state index is 2.39. The van der Waals surface area contributed by atoms with Gasteiger partial charge in [0.05, 0.1) is 11.4 Å². The highest BCUT2D eigenvalue weighted by Crippen LogP contribution is 2.43. The number of benzene rings is 12. The van der Waals surface area contributed by atoms with Gasteiger partial charge in [-0.2, -0.15) is 0 Å². The summed E-state index contributed by atoms with van der Waals surface area (Å²) in [5, 5.41) is 4.82. The molecule has 0 aliphatic rings. The number of anilines is 6. The Kier molecular flexibility index (Phi) is 11.3. The molecule has 12 aromatic carbocycles. The molecule has 12 aromatic rings. The van der Waals surface area contributed by atoms with Gasteiger partial charge in [0.25, 0.3) is 0 Å². The van der Waals surface area contributed by atoms with Gasteiger partial charge < -0.3 is 9.80 Å². The largest absolute Gasteiger partial charge is 0.310 e. The van der Waals surface area contributed by atoms with E-state index in [2.05, 4.69) is 301 Å². The van der Waals surface area contributed by atoms with Gasteiger partial charge in [0.15, 0.2) is 0 Å². The van der Waals surface area contributed by atoms with E-state index in [4.69, 9.17) is 0 Å². The van der Waals surface area contributed by atoms with Crippen LogP contribution in [0.3, 0.4) is 0 Å². The Labute approximate surface area is 410 Å². The lowest BCUT2D eigenvalue weighted by Crippen LogP contribution is -2.10. The fraction of sp³-hybridized carbons (Fsp3) is 0. The Morgan fingerprint density at radius 2 is 0.414 bits per heavy atom. The van der Waals surface area contributed by atoms with Gasteiger partial charge >= 0.3 is 0 Å². The summed E-state index contributed by atoms with van der Waals surface area (Å²) in [5.74, 6) is 0. The maximum absolute atomic E-state index is 2.39. The standard InChI is InChI=1S/C68H48N2/c1-4-16-49(17-5-1)52-30-38-61(39-31-52)69(67-28-14-24-56-22-10-12-26-65(56)67)62-40-32-53(33-41-62)54-34-42-63(43-35-54)70(68-29-15-25-57-23-11-13-27-66(57)68)64-44-36-55(37-45-64)60-47-58(50-18-6-2-7-19-50)46-59(48-60)51-20-8-3-9-21-51/h1-48H. The first-order chi connectivity index (χ1) is 34.7. The lowest BCUT2D eigenvalue weighted by atomic mass is 9.93. The Bertz CT molecular complexity index is 3650. The number of hydrogen-bond donors (Lipinski definition) is 0. The molecule has 0 atom stereocenters. The van der Waals surface area contributed by atoms with Gasteiger partial charge in [-0.1, -0.05) is 212 Å². The topological polar surface area (TPSA) is 6.48 Å². The molecule has 0 spiro atoms. The molecule has 0 amide bonds. The van der Waals surface area contributed by atoms with Gasteiger partial charge in [-0.25, -0.2) is 0 Å². The number of rotatable bonds is 11. The summed E-state index contributed by atoms with van der Waals surface area (Å²) in [7, 11) is 0. The molecule has 0 bridgehead atoms. The van der Waals surface area contributed by atoms with E-state index >= 15 is 0 Å². The van der Waals surface area contributed by atoms with Gasteiger partial charge in [0.1, 0.15) is 0 Å². The predicted octanol–water partition coefficient (Wildman–Crippen LogP) is 19.3. The highest BCUT2D eigenvalue weighted by Gasteiger charge is 2.19. The molecule has 12 rings (SSSR count). The van der Waals surface area contributed by atoms with E-state index in [1.165, 1.54) is 66.1 Å². The normalized spacial score (nSPS) is 11.1. The van der Waals surface area contributed by atoms with Gasteiger partial charge in [0.2, 0.25) is 0 Å². The zero-order chi connectivity index (χ0) is 46.6. The lowest BCUT2D eigenvalue weighted by Gasteiger charge is -2.28. The average Bonchev–Trinajstić information content (AvgIpc) is 3.45. The molecule has 0 aromatic heterocycles. The minimum Gasteiger partial charge on any atom is -0.310 e. The van der Waals surface area contributed by atoms with Crippen LogP contribution in [0.4, 0.5) is 34.1 Å². The van der Waals surface area contributed by atoms with Crippen LogP contribution in [0.5, 0.6) is 0 Å². The highest BCUT2D eigenvalue weighted by atomic mass is 15.1. The second kappa shape index (κ2) is 18.8. The van der Waals surface area contributed by atoms with Crippen LogP contribution >= 0.6 is 0 Å². The van der Waals surface area contributed by atoms with Gasteiger partial charge in [-0.05, 0) is 145 Å². The van der Waals surface area contributed by atoms with E-state index in [0.717, 1.165) is 45.3 Å². The first kappa shape index (κ1) is 42.1. The summed E-state index contributed by atoms with van der Waals surface area (Å²) in [6.45, 7) is 0.